The van der Waals surface area contributed by atoms with Gasteiger partial charge in [-0.2, -0.15) is 0 Å². The maximum absolute atomic E-state index is 11.8. The van der Waals surface area contributed by atoms with E-state index in [0.717, 1.165) is 5.56 Å². The summed E-state index contributed by atoms with van der Waals surface area (Å²) in [6.45, 7) is 0.126. The van der Waals surface area contributed by atoms with E-state index >= 15 is 0 Å². The van der Waals surface area contributed by atoms with E-state index in [-0.39, 0.29) is 19.0 Å². The zero-order valence-corrected chi connectivity index (χ0v) is 13.7. The average Bonchev–Trinajstić information content (AvgIpc) is 2.43. The molecule has 0 aliphatic heterocycles. The van der Waals surface area contributed by atoms with Crippen LogP contribution in [-0.4, -0.2) is 5.97 Å². The highest BCUT2D eigenvalue weighted by Gasteiger charge is 2.09. The lowest BCUT2D eigenvalue weighted by Crippen LogP contribution is -2.08. The molecule has 0 saturated heterocycles. The number of hydrogen-bond donors (Lipinski definition) is 0. The fourth-order valence-corrected chi connectivity index (χ4v) is 2.46. The summed E-state index contributed by atoms with van der Waals surface area (Å²) in [5.74, 6) is -0.384. The topological polar surface area (TPSA) is 26.3 Å². The van der Waals surface area contributed by atoms with Crippen LogP contribution in [0.2, 0.25) is 20.1 Å². The quantitative estimate of drug-likeness (QED) is 0.662. The van der Waals surface area contributed by atoms with Crippen molar-refractivity contribution in [1.29, 1.82) is 0 Å². The first-order valence-electron chi connectivity index (χ1n) is 5.99. The van der Waals surface area contributed by atoms with Crippen molar-refractivity contribution in [3.63, 3.8) is 0 Å². The minimum Gasteiger partial charge on any atom is -0.461 e. The number of esters is 1. The molecule has 2 aromatic carbocycles. The van der Waals surface area contributed by atoms with Gasteiger partial charge in [-0.05, 0) is 35.4 Å². The Balaban J connectivity index is 1.94. The molecule has 0 radical (unpaired) electrons. The van der Waals surface area contributed by atoms with Crippen molar-refractivity contribution in [1.82, 2.24) is 0 Å². The largest absolute Gasteiger partial charge is 0.461 e. The highest BCUT2D eigenvalue weighted by atomic mass is 35.5. The molecule has 0 spiro atoms. The molecule has 0 N–H and O–H groups in total. The first-order chi connectivity index (χ1) is 9.95. The molecule has 21 heavy (non-hydrogen) atoms. The van der Waals surface area contributed by atoms with Gasteiger partial charge in [0.05, 0.1) is 16.5 Å². The van der Waals surface area contributed by atoms with Crippen LogP contribution < -0.4 is 0 Å². The van der Waals surface area contributed by atoms with Crippen molar-refractivity contribution in [2.45, 2.75) is 13.0 Å². The van der Waals surface area contributed by atoms with Crippen LogP contribution in [0.15, 0.2) is 36.4 Å². The van der Waals surface area contributed by atoms with Crippen LogP contribution in [0.5, 0.6) is 0 Å². The molecule has 0 amide bonds. The van der Waals surface area contributed by atoms with Gasteiger partial charge in [-0.15, -0.1) is 0 Å². The van der Waals surface area contributed by atoms with Gasteiger partial charge in [-0.3, -0.25) is 4.79 Å². The molecule has 2 nitrogen and oxygen atoms in total. The summed E-state index contributed by atoms with van der Waals surface area (Å²) < 4.78 is 5.18. The molecular weight excluding hydrogens is 354 g/mol. The van der Waals surface area contributed by atoms with E-state index in [9.17, 15) is 4.79 Å². The Labute approximate surface area is 142 Å². The fraction of sp³-hybridized carbons (Fsp3) is 0.133. The molecule has 0 heterocycles. The van der Waals surface area contributed by atoms with Gasteiger partial charge in [0, 0.05) is 10.0 Å². The van der Waals surface area contributed by atoms with Crippen molar-refractivity contribution in [3.05, 3.63) is 67.6 Å². The molecule has 110 valence electrons. The zero-order valence-electron chi connectivity index (χ0n) is 10.7. The Morgan fingerprint density at radius 1 is 0.905 bits per heavy atom. The Bertz CT molecular complexity index is 671. The van der Waals surface area contributed by atoms with Crippen LogP contribution in [0, 0.1) is 0 Å². The van der Waals surface area contributed by atoms with Crippen LogP contribution in [0.1, 0.15) is 11.1 Å². The third-order valence-corrected chi connectivity index (χ3v) is 4.06. The molecule has 2 rings (SSSR count). The number of halogens is 4. The lowest BCUT2D eigenvalue weighted by Gasteiger charge is -2.07. The molecule has 0 aromatic heterocycles. The number of carbonyl (C=O) groups is 1. The summed E-state index contributed by atoms with van der Waals surface area (Å²) >= 11 is 23.5. The number of benzene rings is 2. The summed E-state index contributed by atoms with van der Waals surface area (Å²) in [7, 11) is 0. The molecule has 0 atom stereocenters. The third-order valence-electron chi connectivity index (χ3n) is 2.73. The first kappa shape index (κ1) is 16.4. The predicted octanol–water partition coefficient (Wildman–Crippen LogP) is 5.59. The molecule has 0 aliphatic rings. The number of ether oxygens (including phenoxy) is 1. The first-order valence-corrected chi connectivity index (χ1v) is 7.50. The highest BCUT2D eigenvalue weighted by molar-refractivity contribution is 6.42. The van der Waals surface area contributed by atoms with Crippen molar-refractivity contribution < 1.29 is 9.53 Å². The van der Waals surface area contributed by atoms with Crippen molar-refractivity contribution >= 4 is 52.4 Å². The Kier molecular flexibility index (Phi) is 5.77. The van der Waals surface area contributed by atoms with Gasteiger partial charge in [-0.1, -0.05) is 58.5 Å². The minimum atomic E-state index is -0.384. The van der Waals surface area contributed by atoms with Gasteiger partial charge >= 0.3 is 5.97 Å². The van der Waals surface area contributed by atoms with E-state index in [4.69, 9.17) is 51.1 Å². The van der Waals surface area contributed by atoms with Crippen LogP contribution in [-0.2, 0) is 22.6 Å². The van der Waals surface area contributed by atoms with E-state index in [2.05, 4.69) is 0 Å². The van der Waals surface area contributed by atoms with Crippen LogP contribution in [0.3, 0.4) is 0 Å². The monoisotopic (exact) mass is 362 g/mol. The smallest absolute Gasteiger partial charge is 0.310 e. The molecule has 0 unspecified atom stereocenters. The van der Waals surface area contributed by atoms with E-state index in [1.807, 2.05) is 0 Å². The van der Waals surface area contributed by atoms with Crippen molar-refractivity contribution in [2.24, 2.45) is 0 Å². The Morgan fingerprint density at radius 3 is 2.33 bits per heavy atom. The third kappa shape index (κ3) is 4.79. The lowest BCUT2D eigenvalue weighted by molar-refractivity contribution is -0.144. The van der Waals surface area contributed by atoms with Gasteiger partial charge in [-0.25, -0.2) is 0 Å². The van der Waals surface area contributed by atoms with Gasteiger partial charge < -0.3 is 4.74 Å². The highest BCUT2D eigenvalue weighted by Crippen LogP contribution is 2.24. The Morgan fingerprint density at radius 2 is 1.67 bits per heavy atom. The normalized spacial score (nSPS) is 10.5. The van der Waals surface area contributed by atoms with Gasteiger partial charge in [0.2, 0.25) is 0 Å². The summed E-state index contributed by atoms with van der Waals surface area (Å²) in [6, 6.07) is 10.0. The molecule has 0 aliphatic carbocycles. The second-order valence-electron chi connectivity index (χ2n) is 4.32. The number of hydrogen-bond acceptors (Lipinski definition) is 2. The number of rotatable bonds is 4. The second kappa shape index (κ2) is 7.37. The molecule has 2 aromatic rings. The van der Waals surface area contributed by atoms with Crippen molar-refractivity contribution in [2.75, 3.05) is 0 Å². The van der Waals surface area contributed by atoms with E-state index in [1.165, 1.54) is 0 Å². The van der Waals surface area contributed by atoms with E-state index in [1.54, 1.807) is 36.4 Å². The van der Waals surface area contributed by atoms with E-state index in [0.29, 0.717) is 25.7 Å². The fourth-order valence-electron chi connectivity index (χ4n) is 1.66. The SMILES string of the molecule is O=C(Cc1ccc(Cl)cc1Cl)OCc1ccc(Cl)c(Cl)c1. The average molecular weight is 364 g/mol. The predicted molar refractivity (Wildman–Crippen MR) is 86.4 cm³/mol. The van der Waals surface area contributed by atoms with Crippen LogP contribution in [0.25, 0.3) is 0 Å². The van der Waals surface area contributed by atoms with Gasteiger partial charge in [0.25, 0.3) is 0 Å². The maximum Gasteiger partial charge on any atom is 0.310 e. The summed E-state index contributed by atoms with van der Waals surface area (Å²) in [5, 5.41) is 1.84. The Hall–Kier alpha value is -0.930. The van der Waals surface area contributed by atoms with E-state index < -0.39 is 0 Å². The molecular formula is C15H10Cl4O2. The van der Waals surface area contributed by atoms with Crippen molar-refractivity contribution in [3.8, 4) is 0 Å². The maximum atomic E-state index is 11.8. The lowest BCUT2D eigenvalue weighted by atomic mass is 10.1. The van der Waals surface area contributed by atoms with Crippen LogP contribution >= 0.6 is 46.4 Å². The standard InChI is InChI=1S/C15H10Cl4O2/c16-11-3-2-10(13(18)7-11)6-15(20)21-8-9-1-4-12(17)14(19)5-9/h1-5,7H,6,8H2. The molecule has 0 saturated carbocycles. The van der Waals surface area contributed by atoms with Gasteiger partial charge in [0.15, 0.2) is 0 Å². The molecule has 0 bridgehead atoms. The summed E-state index contributed by atoms with van der Waals surface area (Å²) in [4.78, 5) is 11.8. The van der Waals surface area contributed by atoms with Gasteiger partial charge in [0.1, 0.15) is 6.61 Å². The second-order valence-corrected chi connectivity index (χ2v) is 5.98. The summed E-state index contributed by atoms with van der Waals surface area (Å²) in [6.07, 6.45) is 0.0807. The molecule has 0 fully saturated rings. The summed E-state index contributed by atoms with van der Waals surface area (Å²) in [5.41, 5.74) is 1.43. The minimum absolute atomic E-state index is 0.0807. The van der Waals surface area contributed by atoms with Crippen LogP contribution in [0.4, 0.5) is 0 Å². The number of carbonyl (C=O) groups excluding carboxylic acids is 1. The zero-order chi connectivity index (χ0) is 15.4. The molecule has 6 heteroatoms.